The lowest BCUT2D eigenvalue weighted by Gasteiger charge is -2.34. The van der Waals surface area contributed by atoms with Gasteiger partial charge in [0.05, 0.1) is 20.3 Å². The molecule has 6 heteroatoms. The maximum atomic E-state index is 13.5. The normalized spacial score (nSPS) is 17.1. The third kappa shape index (κ3) is 3.75. The van der Waals surface area contributed by atoms with Crippen LogP contribution in [0.1, 0.15) is 11.6 Å². The monoisotopic (exact) mass is 304 g/mol. The van der Waals surface area contributed by atoms with Gasteiger partial charge < -0.3 is 14.8 Å². The molecule has 2 rings (SSSR count). The Morgan fingerprint density at radius 2 is 1.95 bits per heavy atom. The summed E-state index contributed by atoms with van der Waals surface area (Å²) >= 11 is 0. The Morgan fingerprint density at radius 1 is 1.25 bits per heavy atom. The van der Waals surface area contributed by atoms with Gasteiger partial charge in [0.15, 0.2) is 0 Å². The number of halogens is 2. The van der Waals surface area contributed by atoms with E-state index in [4.69, 9.17) is 9.47 Å². The van der Waals surface area contributed by atoms with E-state index < -0.39 is 6.67 Å². The molecule has 1 aromatic rings. The maximum absolute atomic E-state index is 13.5. The lowest BCUT2D eigenvalue weighted by molar-refractivity contribution is 0.145. The van der Waals surface area contributed by atoms with Gasteiger partial charge in [-0.15, -0.1) is 12.4 Å². The molecule has 1 N–H and O–H groups in total. The molecule has 114 valence electrons. The summed E-state index contributed by atoms with van der Waals surface area (Å²) in [6, 6.07) is 5.26. The van der Waals surface area contributed by atoms with Gasteiger partial charge in [-0.25, -0.2) is 4.39 Å². The zero-order valence-electron chi connectivity index (χ0n) is 11.9. The summed E-state index contributed by atoms with van der Waals surface area (Å²) in [6.07, 6.45) is 0. The van der Waals surface area contributed by atoms with Crippen molar-refractivity contribution in [3.8, 4) is 11.5 Å². The van der Waals surface area contributed by atoms with Gasteiger partial charge in [-0.2, -0.15) is 0 Å². The Balaban J connectivity index is 0.00000200. The Bertz CT molecular complexity index is 414. The van der Waals surface area contributed by atoms with E-state index >= 15 is 0 Å². The maximum Gasteiger partial charge on any atom is 0.124 e. The molecule has 0 saturated carbocycles. The van der Waals surface area contributed by atoms with Gasteiger partial charge in [-0.05, 0) is 18.2 Å². The first kappa shape index (κ1) is 17.0. The van der Waals surface area contributed by atoms with Crippen LogP contribution in [-0.4, -0.2) is 52.0 Å². The van der Waals surface area contributed by atoms with Gasteiger partial charge in [-0.3, -0.25) is 4.90 Å². The highest BCUT2D eigenvalue weighted by atomic mass is 35.5. The molecule has 0 unspecified atom stereocenters. The van der Waals surface area contributed by atoms with Crippen LogP contribution in [0.25, 0.3) is 0 Å². The molecule has 0 bridgehead atoms. The van der Waals surface area contributed by atoms with Crippen LogP contribution in [0.3, 0.4) is 0 Å². The van der Waals surface area contributed by atoms with Crippen LogP contribution in [0.4, 0.5) is 4.39 Å². The molecule has 0 amide bonds. The van der Waals surface area contributed by atoms with Crippen LogP contribution < -0.4 is 14.8 Å². The highest BCUT2D eigenvalue weighted by molar-refractivity contribution is 5.85. The summed E-state index contributed by atoms with van der Waals surface area (Å²) in [7, 11) is 3.22. The van der Waals surface area contributed by atoms with Crippen molar-refractivity contribution in [2.45, 2.75) is 6.04 Å². The minimum absolute atomic E-state index is 0. The van der Waals surface area contributed by atoms with Crippen molar-refractivity contribution in [1.29, 1.82) is 0 Å². The lowest BCUT2D eigenvalue weighted by Crippen LogP contribution is -2.45. The number of nitrogens with zero attached hydrogens (tertiary/aromatic N) is 1. The van der Waals surface area contributed by atoms with Crippen molar-refractivity contribution in [1.82, 2.24) is 10.2 Å². The third-order valence-electron chi connectivity index (χ3n) is 3.53. The molecule has 4 nitrogen and oxygen atoms in total. The van der Waals surface area contributed by atoms with Crippen molar-refractivity contribution < 1.29 is 13.9 Å². The minimum atomic E-state index is -0.427. The van der Waals surface area contributed by atoms with Crippen molar-refractivity contribution in [3.05, 3.63) is 23.8 Å². The molecule has 20 heavy (non-hydrogen) atoms. The van der Waals surface area contributed by atoms with Gasteiger partial charge in [0.2, 0.25) is 0 Å². The second-order valence-electron chi connectivity index (χ2n) is 4.56. The second kappa shape index (κ2) is 8.29. The Labute approximate surface area is 125 Å². The molecular formula is C14H22ClFN2O2. The van der Waals surface area contributed by atoms with E-state index in [1.807, 2.05) is 18.2 Å². The molecule has 1 fully saturated rings. The first-order chi connectivity index (χ1) is 9.30. The Morgan fingerprint density at radius 3 is 2.50 bits per heavy atom. The second-order valence-corrected chi connectivity index (χ2v) is 4.56. The van der Waals surface area contributed by atoms with E-state index in [0.29, 0.717) is 5.75 Å². The first-order valence-corrected chi connectivity index (χ1v) is 6.52. The van der Waals surface area contributed by atoms with E-state index in [0.717, 1.165) is 37.5 Å². The molecule has 1 aliphatic heterocycles. The molecule has 1 atom stereocenters. The third-order valence-corrected chi connectivity index (χ3v) is 3.53. The number of piperazine rings is 1. The van der Waals surface area contributed by atoms with Crippen molar-refractivity contribution in [3.63, 3.8) is 0 Å². The summed E-state index contributed by atoms with van der Waals surface area (Å²) in [5, 5.41) is 3.28. The van der Waals surface area contributed by atoms with Crippen LogP contribution in [0.15, 0.2) is 18.2 Å². The number of benzene rings is 1. The van der Waals surface area contributed by atoms with Gasteiger partial charge in [0, 0.05) is 31.7 Å². The number of hydrogen-bond donors (Lipinski definition) is 1. The highest BCUT2D eigenvalue weighted by Crippen LogP contribution is 2.33. The predicted octanol–water partition coefficient (Wildman–Crippen LogP) is 2.04. The smallest absolute Gasteiger partial charge is 0.124 e. The van der Waals surface area contributed by atoms with Crippen molar-refractivity contribution in [2.75, 3.05) is 47.1 Å². The van der Waals surface area contributed by atoms with Gasteiger partial charge in [0.1, 0.15) is 18.2 Å². The van der Waals surface area contributed by atoms with E-state index in [9.17, 15) is 4.39 Å². The van der Waals surface area contributed by atoms with Crippen molar-refractivity contribution >= 4 is 12.4 Å². The predicted molar refractivity (Wildman–Crippen MR) is 80.0 cm³/mol. The topological polar surface area (TPSA) is 33.7 Å². The zero-order valence-corrected chi connectivity index (χ0v) is 12.7. The summed E-state index contributed by atoms with van der Waals surface area (Å²) in [5.74, 6) is 1.44. The number of rotatable bonds is 5. The fourth-order valence-electron chi connectivity index (χ4n) is 2.47. The number of hydrogen-bond acceptors (Lipinski definition) is 4. The summed E-state index contributed by atoms with van der Waals surface area (Å²) in [5.41, 5.74) is 0.853. The average Bonchev–Trinajstić information content (AvgIpc) is 2.49. The van der Waals surface area contributed by atoms with E-state index in [2.05, 4.69) is 10.2 Å². The zero-order chi connectivity index (χ0) is 13.7. The fourth-order valence-corrected chi connectivity index (χ4v) is 2.47. The molecule has 0 radical (unpaired) electrons. The van der Waals surface area contributed by atoms with Crippen LogP contribution in [-0.2, 0) is 0 Å². The van der Waals surface area contributed by atoms with E-state index in [1.165, 1.54) is 0 Å². The average molecular weight is 305 g/mol. The molecule has 0 aromatic heterocycles. The number of methoxy groups -OCH3 is 2. The number of ether oxygens (including phenoxy) is 2. The quantitative estimate of drug-likeness (QED) is 0.903. The number of nitrogens with one attached hydrogen (secondary N) is 1. The molecule has 1 aliphatic rings. The van der Waals surface area contributed by atoms with Crippen LogP contribution in [0.5, 0.6) is 11.5 Å². The molecule has 1 heterocycles. The van der Waals surface area contributed by atoms with Crippen LogP contribution >= 0.6 is 12.4 Å². The minimum Gasteiger partial charge on any atom is -0.497 e. The number of alkyl halides is 1. The van der Waals surface area contributed by atoms with Crippen molar-refractivity contribution in [2.24, 2.45) is 0 Å². The molecule has 1 saturated heterocycles. The standard InChI is InChI=1S/C14H21FN2O2.ClH/c1-18-11-3-4-14(19-2)12(9-11)13(10-15)17-7-5-16-6-8-17;/h3-4,9,13,16H,5-8,10H2,1-2H3;1H/t13-;/m1./s1. The lowest BCUT2D eigenvalue weighted by atomic mass is 10.0. The Kier molecular flexibility index (Phi) is 7.05. The SMILES string of the molecule is COc1ccc(OC)c([C@@H](CF)N2CCNCC2)c1.Cl. The molecule has 0 aliphatic carbocycles. The largest absolute Gasteiger partial charge is 0.497 e. The fraction of sp³-hybridized carbons (Fsp3) is 0.571. The first-order valence-electron chi connectivity index (χ1n) is 6.52. The van der Waals surface area contributed by atoms with E-state index in [1.54, 1.807) is 14.2 Å². The molecule has 1 aromatic carbocycles. The van der Waals surface area contributed by atoms with Crippen LogP contribution in [0, 0.1) is 0 Å². The van der Waals surface area contributed by atoms with E-state index in [-0.39, 0.29) is 18.4 Å². The summed E-state index contributed by atoms with van der Waals surface area (Å²) in [6.45, 7) is 3.04. The van der Waals surface area contributed by atoms with Gasteiger partial charge in [-0.1, -0.05) is 0 Å². The Hall–Kier alpha value is -1.04. The summed E-state index contributed by atoms with van der Waals surface area (Å²) < 4.78 is 24.1. The van der Waals surface area contributed by atoms with Gasteiger partial charge in [0.25, 0.3) is 0 Å². The molecular weight excluding hydrogens is 283 g/mol. The van der Waals surface area contributed by atoms with Gasteiger partial charge >= 0.3 is 0 Å². The van der Waals surface area contributed by atoms with Crippen LogP contribution in [0.2, 0.25) is 0 Å². The molecule has 0 spiro atoms. The highest BCUT2D eigenvalue weighted by Gasteiger charge is 2.25. The summed E-state index contributed by atoms with van der Waals surface area (Å²) in [4.78, 5) is 2.15.